The Labute approximate surface area is 482 Å². The molecule has 20 heteroatoms. The molecule has 20 nitrogen and oxygen atoms in total. The van der Waals surface area contributed by atoms with Gasteiger partial charge in [0.15, 0.2) is 23.0 Å². The fourth-order valence-corrected chi connectivity index (χ4v) is 10.4. The molecule has 0 aromatic heterocycles. The van der Waals surface area contributed by atoms with E-state index in [4.69, 9.17) is 33.7 Å². The number of methoxy groups -OCH3 is 3. The second-order valence-electron chi connectivity index (χ2n) is 21.3. The lowest BCUT2D eigenvalue weighted by Crippen LogP contribution is -2.54. The van der Waals surface area contributed by atoms with Crippen LogP contribution in [0.5, 0.6) is 28.7 Å². The van der Waals surface area contributed by atoms with E-state index in [1.807, 2.05) is 81.0 Å². The van der Waals surface area contributed by atoms with Crippen molar-refractivity contribution in [3.8, 4) is 28.7 Å². The monoisotopic (exact) mass is 1130 g/mol. The molecule has 9 rings (SSSR count). The van der Waals surface area contributed by atoms with E-state index in [-0.39, 0.29) is 67.0 Å². The third-order valence-corrected chi connectivity index (χ3v) is 15.2. The van der Waals surface area contributed by atoms with Gasteiger partial charge in [-0.3, -0.25) is 48.4 Å². The molecule has 4 aromatic carbocycles. The van der Waals surface area contributed by atoms with Gasteiger partial charge in [-0.05, 0) is 97.0 Å². The van der Waals surface area contributed by atoms with E-state index in [0.29, 0.717) is 90.8 Å². The van der Waals surface area contributed by atoms with Crippen LogP contribution in [0, 0.1) is 5.92 Å². The zero-order valence-electron chi connectivity index (χ0n) is 47.6. The molecule has 0 saturated carbocycles. The number of benzene rings is 4. The molecule has 0 spiro atoms. The first-order valence-corrected chi connectivity index (χ1v) is 28.1. The van der Waals surface area contributed by atoms with Crippen molar-refractivity contribution in [2.75, 3.05) is 41.1 Å². The van der Waals surface area contributed by atoms with Crippen molar-refractivity contribution in [3.63, 3.8) is 0 Å². The van der Waals surface area contributed by atoms with Gasteiger partial charge >= 0.3 is 0 Å². The highest BCUT2D eigenvalue weighted by Gasteiger charge is 2.36. The predicted molar refractivity (Wildman–Crippen MR) is 312 cm³/mol. The minimum atomic E-state index is -0.876. The Bertz CT molecular complexity index is 3280. The summed E-state index contributed by atoms with van der Waals surface area (Å²) in [5.41, 5.74) is 6.58. The molecule has 434 valence electrons. The molecule has 5 heterocycles. The largest absolute Gasteiger partial charge is 0.497 e. The van der Waals surface area contributed by atoms with Gasteiger partial charge in [-0.2, -0.15) is 0 Å². The number of imide groups is 1. The molecule has 2 unspecified atom stereocenters. The van der Waals surface area contributed by atoms with Crippen LogP contribution in [0.1, 0.15) is 116 Å². The highest BCUT2D eigenvalue weighted by atomic mass is 16.5. The molecular formula is C63H70N8O12. The number of amides is 7. The second-order valence-corrected chi connectivity index (χ2v) is 21.3. The lowest BCUT2D eigenvalue weighted by molar-refractivity contribution is -0.137. The van der Waals surface area contributed by atoms with Crippen LogP contribution in [0.25, 0.3) is 11.1 Å². The molecule has 5 aliphatic heterocycles. The van der Waals surface area contributed by atoms with Gasteiger partial charge in [-0.1, -0.05) is 56.7 Å². The summed E-state index contributed by atoms with van der Waals surface area (Å²) in [6, 6.07) is 20.1. The van der Waals surface area contributed by atoms with E-state index in [1.165, 1.54) is 24.2 Å². The first kappa shape index (κ1) is 58.6. The van der Waals surface area contributed by atoms with Crippen molar-refractivity contribution in [1.82, 2.24) is 30.7 Å². The van der Waals surface area contributed by atoms with Crippen molar-refractivity contribution in [3.05, 3.63) is 125 Å². The van der Waals surface area contributed by atoms with Crippen LogP contribution in [0.4, 0.5) is 11.4 Å². The first-order valence-electron chi connectivity index (χ1n) is 28.1. The lowest BCUT2D eigenvalue weighted by atomic mass is 10.0. The number of unbranched alkanes of at least 4 members (excludes halogenated alkanes) is 4. The normalized spacial score (nSPS) is 17.4. The number of fused-ring (bicyclic) bond motifs is 4. The van der Waals surface area contributed by atoms with E-state index in [9.17, 15) is 33.6 Å². The van der Waals surface area contributed by atoms with E-state index < -0.39 is 23.9 Å². The van der Waals surface area contributed by atoms with Crippen molar-refractivity contribution in [1.29, 1.82) is 0 Å². The van der Waals surface area contributed by atoms with Crippen molar-refractivity contribution in [2.24, 2.45) is 15.9 Å². The van der Waals surface area contributed by atoms with Crippen molar-refractivity contribution < 1.29 is 57.2 Å². The smallest absolute Gasteiger partial charge is 0.260 e. The Morgan fingerprint density at radius 3 is 1.63 bits per heavy atom. The van der Waals surface area contributed by atoms with E-state index in [2.05, 4.69) is 16.0 Å². The fourth-order valence-electron chi connectivity index (χ4n) is 10.4. The summed E-state index contributed by atoms with van der Waals surface area (Å²) >= 11 is 0. The van der Waals surface area contributed by atoms with Gasteiger partial charge in [0.1, 0.15) is 17.8 Å². The van der Waals surface area contributed by atoms with Crippen molar-refractivity contribution >= 4 is 76.3 Å². The summed E-state index contributed by atoms with van der Waals surface area (Å²) in [6.45, 7) is 6.49. The Morgan fingerprint density at radius 1 is 0.602 bits per heavy atom. The topological polar surface area (TPSA) is 236 Å². The van der Waals surface area contributed by atoms with E-state index in [1.54, 1.807) is 61.4 Å². The molecule has 0 fully saturated rings. The molecule has 0 saturated heterocycles. The Hall–Kier alpha value is -9.07. The molecule has 0 aliphatic carbocycles. The summed E-state index contributed by atoms with van der Waals surface area (Å²) in [7, 11) is 4.71. The Kier molecular flexibility index (Phi) is 18.8. The molecular weight excluding hydrogens is 1060 g/mol. The third-order valence-electron chi connectivity index (χ3n) is 15.2. The highest BCUT2D eigenvalue weighted by molar-refractivity contribution is 6.13. The maximum atomic E-state index is 14.1. The SMILES string of the molecule is COc1ccc(C2=CN3C(=O)c4cc(OC)c(OCCCCCOc5cc6c(cc5OC)C(=O)N5C=C(c7ccc(CNC(=O)C(C)NC(=O)C(NC(=O)CCCCCN8C(=O)C=CC8=O)C(C)C)cc7)C[C@H]5C=N6)cc4N=C[C@@H]3C2)cc1. The van der Waals surface area contributed by atoms with Crippen LogP contribution in [0.2, 0.25) is 0 Å². The van der Waals surface area contributed by atoms with Crippen LogP contribution in [-0.2, 0) is 30.5 Å². The average Bonchev–Trinajstić information content (AvgIpc) is 2.94. The van der Waals surface area contributed by atoms with E-state index >= 15 is 0 Å². The summed E-state index contributed by atoms with van der Waals surface area (Å²) in [4.78, 5) is 105. The molecule has 83 heavy (non-hydrogen) atoms. The third kappa shape index (κ3) is 13.8. The molecule has 3 N–H and O–H groups in total. The van der Waals surface area contributed by atoms with Gasteiger partial charge in [0.05, 0.1) is 69.1 Å². The fraction of sp³-hybridized carbons (Fsp3) is 0.381. The van der Waals surface area contributed by atoms with Crippen LogP contribution < -0.4 is 39.6 Å². The van der Waals surface area contributed by atoms with Crippen LogP contribution in [0.3, 0.4) is 0 Å². The minimum absolute atomic E-state index is 0.159. The summed E-state index contributed by atoms with van der Waals surface area (Å²) < 4.78 is 29.1. The maximum Gasteiger partial charge on any atom is 0.260 e. The average molecular weight is 1130 g/mol. The highest BCUT2D eigenvalue weighted by Crippen LogP contribution is 2.42. The number of nitrogens with one attached hydrogen (secondary N) is 3. The predicted octanol–water partition coefficient (Wildman–Crippen LogP) is 8.03. The summed E-state index contributed by atoms with van der Waals surface area (Å²) in [5, 5.41) is 8.39. The first-order chi connectivity index (χ1) is 40.1. The van der Waals surface area contributed by atoms with Crippen LogP contribution in [-0.4, -0.2) is 134 Å². The van der Waals surface area contributed by atoms with Gasteiger partial charge in [0, 0.05) is 81.5 Å². The molecule has 5 aliphatic rings. The Morgan fingerprint density at radius 2 is 1.12 bits per heavy atom. The number of ether oxygens (including phenoxy) is 5. The number of hydrogen-bond donors (Lipinski definition) is 3. The second kappa shape index (κ2) is 26.7. The van der Waals surface area contributed by atoms with E-state index in [0.717, 1.165) is 52.8 Å². The van der Waals surface area contributed by atoms with Gasteiger partial charge in [0.2, 0.25) is 17.7 Å². The number of nitrogens with zero attached hydrogens (tertiary/aromatic N) is 5. The zero-order valence-corrected chi connectivity index (χ0v) is 47.6. The van der Waals surface area contributed by atoms with Crippen LogP contribution >= 0.6 is 0 Å². The van der Waals surface area contributed by atoms with Crippen molar-refractivity contribution in [2.45, 2.75) is 109 Å². The summed E-state index contributed by atoms with van der Waals surface area (Å²) in [5.74, 6) is 0.161. The zero-order chi connectivity index (χ0) is 58.7. The molecule has 7 amide bonds. The Balaban J connectivity index is 0.702. The van der Waals surface area contributed by atoms with Gasteiger partial charge in [-0.25, -0.2) is 0 Å². The molecule has 4 aromatic rings. The van der Waals surface area contributed by atoms with Crippen LogP contribution in [0.15, 0.2) is 107 Å². The maximum absolute atomic E-state index is 14.1. The number of carbonyl (C=O) groups excluding carboxylic acids is 7. The standard InChI is InChI=1S/C63H70N8O12/c1-38(2)59(68-56(72)13-9-7-10-24-69-57(73)22-23-58(69)74)61(76)67-39(3)60(75)66-33-40-14-16-41(17-15-40)43-27-45-34-64-50-31-54(52(80-5)29-48(50)62(77)70(45)36-43)82-25-11-8-12-26-83-55-32-51-49(30-53(55)81-6)63(78)71-37-44(28-46(71)35-65-51)42-18-20-47(79-4)21-19-42/h14-23,29-32,34-39,45-46,59H,7-13,24-28,33H2,1-6H3,(H,66,75)(H,67,76)(H,68,72)/t39?,45-,46-,59?/m0/s1. The van der Waals surface area contributed by atoms with Gasteiger partial charge in [-0.15, -0.1) is 0 Å². The minimum Gasteiger partial charge on any atom is -0.497 e. The number of aliphatic imine (C=N–C) groups is 2. The number of hydrogen-bond acceptors (Lipinski definition) is 14. The molecule has 4 atom stereocenters. The lowest BCUT2D eigenvalue weighted by Gasteiger charge is -2.24. The molecule has 0 radical (unpaired) electrons. The number of rotatable bonds is 26. The van der Waals surface area contributed by atoms with Gasteiger partial charge in [0.25, 0.3) is 23.6 Å². The quantitative estimate of drug-likeness (QED) is 0.0400. The summed E-state index contributed by atoms with van der Waals surface area (Å²) in [6.07, 6.45) is 15.1. The number of carbonyl (C=O) groups is 7. The molecule has 0 bridgehead atoms. The van der Waals surface area contributed by atoms with Gasteiger partial charge < -0.3 is 49.4 Å².